The summed E-state index contributed by atoms with van der Waals surface area (Å²) in [7, 11) is 1.55. The van der Waals surface area contributed by atoms with Crippen LogP contribution in [-0.4, -0.2) is 35.1 Å². The molecule has 1 aromatic carbocycles. The molecule has 2 atom stereocenters. The molecule has 0 radical (unpaired) electrons. The molecule has 1 saturated heterocycles. The molecular formula is C11H13NO4S. The number of thioether (sulfide) groups is 1. The highest BCUT2D eigenvalue weighted by Gasteiger charge is 2.31. The van der Waals surface area contributed by atoms with Gasteiger partial charge in [-0.15, -0.1) is 11.8 Å². The number of carboxylic acid groups (broad SMARTS) is 1. The van der Waals surface area contributed by atoms with Crippen molar-refractivity contribution in [2.75, 3.05) is 12.9 Å². The number of hydrogen-bond acceptors (Lipinski definition) is 5. The van der Waals surface area contributed by atoms with Gasteiger partial charge in [0, 0.05) is 11.3 Å². The first kappa shape index (κ1) is 12.1. The van der Waals surface area contributed by atoms with Crippen LogP contribution in [0.3, 0.4) is 0 Å². The molecule has 0 aliphatic carbocycles. The highest BCUT2D eigenvalue weighted by Crippen LogP contribution is 2.38. The average Bonchev–Trinajstić information content (AvgIpc) is 2.79. The molecule has 3 N–H and O–H groups in total. The fourth-order valence-electron chi connectivity index (χ4n) is 1.66. The summed E-state index contributed by atoms with van der Waals surface area (Å²) in [4.78, 5) is 10.8. The second kappa shape index (κ2) is 4.85. The zero-order valence-corrected chi connectivity index (χ0v) is 10.0. The highest BCUT2D eigenvalue weighted by molar-refractivity contribution is 7.99. The first-order chi connectivity index (χ1) is 8.11. The second-order valence-electron chi connectivity index (χ2n) is 3.70. The Morgan fingerprint density at radius 2 is 2.35 bits per heavy atom. The van der Waals surface area contributed by atoms with Gasteiger partial charge in [-0.3, -0.25) is 10.1 Å². The summed E-state index contributed by atoms with van der Waals surface area (Å²) in [6.45, 7) is 0. The molecular weight excluding hydrogens is 242 g/mol. The maximum absolute atomic E-state index is 10.8. The lowest BCUT2D eigenvalue weighted by atomic mass is 10.1. The summed E-state index contributed by atoms with van der Waals surface area (Å²) >= 11 is 1.46. The van der Waals surface area contributed by atoms with Crippen molar-refractivity contribution in [2.24, 2.45) is 0 Å². The molecule has 1 aromatic rings. The lowest BCUT2D eigenvalue weighted by molar-refractivity contribution is -0.138. The molecule has 6 heteroatoms. The normalized spacial score (nSPS) is 23.6. The third kappa shape index (κ3) is 2.48. The number of rotatable bonds is 3. The molecule has 1 fully saturated rings. The van der Waals surface area contributed by atoms with Crippen LogP contribution in [0, 0.1) is 0 Å². The maximum Gasteiger partial charge on any atom is 0.321 e. The molecule has 5 nitrogen and oxygen atoms in total. The van der Waals surface area contributed by atoms with Crippen molar-refractivity contribution in [1.82, 2.24) is 5.32 Å². The third-order valence-electron chi connectivity index (χ3n) is 2.60. The van der Waals surface area contributed by atoms with Gasteiger partial charge in [0.15, 0.2) is 0 Å². The molecule has 2 rings (SSSR count). The molecule has 0 saturated carbocycles. The molecule has 0 bridgehead atoms. The largest absolute Gasteiger partial charge is 0.508 e. The summed E-state index contributed by atoms with van der Waals surface area (Å²) in [5, 5.41) is 21.4. The van der Waals surface area contributed by atoms with E-state index in [-0.39, 0.29) is 11.1 Å². The predicted octanol–water partition coefficient (Wildman–Crippen LogP) is 1.19. The van der Waals surface area contributed by atoms with E-state index in [9.17, 15) is 9.90 Å². The molecule has 1 heterocycles. The van der Waals surface area contributed by atoms with Crippen LogP contribution in [0.1, 0.15) is 10.9 Å². The molecule has 0 spiro atoms. The minimum absolute atomic E-state index is 0.141. The first-order valence-corrected chi connectivity index (χ1v) is 6.14. The van der Waals surface area contributed by atoms with E-state index in [1.165, 1.54) is 11.8 Å². The Bertz CT molecular complexity index is 437. The maximum atomic E-state index is 10.8. The standard InChI is InChI=1S/C11H13NO4S/c1-16-6-2-3-9(13)7(4-6)10-12-8(5-17-10)11(14)15/h2-4,8,10,12-13H,5H2,1H3,(H,14,15)/t8-,10+/m0/s1. The Hall–Kier alpha value is -1.40. The second-order valence-corrected chi connectivity index (χ2v) is 4.83. The van der Waals surface area contributed by atoms with Crippen LogP contribution in [0.4, 0.5) is 0 Å². The Morgan fingerprint density at radius 3 is 2.94 bits per heavy atom. The van der Waals surface area contributed by atoms with Crippen molar-refractivity contribution < 1.29 is 19.7 Å². The van der Waals surface area contributed by atoms with E-state index in [2.05, 4.69) is 5.32 Å². The van der Waals surface area contributed by atoms with Crippen molar-refractivity contribution in [3.8, 4) is 11.5 Å². The van der Waals surface area contributed by atoms with Gasteiger partial charge in [-0.1, -0.05) is 0 Å². The van der Waals surface area contributed by atoms with Crippen molar-refractivity contribution >= 4 is 17.7 Å². The van der Waals surface area contributed by atoms with Crippen LogP contribution in [0.2, 0.25) is 0 Å². The minimum Gasteiger partial charge on any atom is -0.508 e. The number of carboxylic acids is 1. The first-order valence-electron chi connectivity index (χ1n) is 5.09. The van der Waals surface area contributed by atoms with E-state index in [0.717, 1.165) is 0 Å². The molecule has 0 amide bonds. The lowest BCUT2D eigenvalue weighted by Gasteiger charge is -2.14. The number of phenolic OH excluding ortho intramolecular Hbond substituents is 1. The quantitative estimate of drug-likeness (QED) is 0.753. The predicted molar refractivity (Wildman–Crippen MR) is 64.4 cm³/mol. The van der Waals surface area contributed by atoms with Gasteiger partial charge in [0.25, 0.3) is 0 Å². The van der Waals surface area contributed by atoms with E-state index in [0.29, 0.717) is 17.1 Å². The number of hydrogen-bond donors (Lipinski definition) is 3. The fraction of sp³-hybridized carbons (Fsp3) is 0.364. The van der Waals surface area contributed by atoms with Gasteiger partial charge in [0.05, 0.1) is 12.5 Å². The van der Waals surface area contributed by atoms with Gasteiger partial charge in [0.2, 0.25) is 0 Å². The van der Waals surface area contributed by atoms with E-state index < -0.39 is 12.0 Å². The monoisotopic (exact) mass is 255 g/mol. The Morgan fingerprint density at radius 1 is 1.59 bits per heavy atom. The van der Waals surface area contributed by atoms with Crippen molar-refractivity contribution in [2.45, 2.75) is 11.4 Å². The van der Waals surface area contributed by atoms with E-state index in [4.69, 9.17) is 9.84 Å². The Balaban J connectivity index is 2.20. The van der Waals surface area contributed by atoms with Crippen molar-refractivity contribution in [1.29, 1.82) is 0 Å². The lowest BCUT2D eigenvalue weighted by Crippen LogP contribution is -2.33. The van der Waals surface area contributed by atoms with Gasteiger partial charge in [0.1, 0.15) is 17.5 Å². The van der Waals surface area contributed by atoms with Crippen LogP contribution >= 0.6 is 11.8 Å². The summed E-state index contributed by atoms with van der Waals surface area (Å²) in [6, 6.07) is 4.34. The smallest absolute Gasteiger partial charge is 0.321 e. The van der Waals surface area contributed by atoms with Crippen LogP contribution in [0.5, 0.6) is 11.5 Å². The molecule has 0 unspecified atom stereocenters. The van der Waals surface area contributed by atoms with Crippen LogP contribution < -0.4 is 10.1 Å². The number of benzene rings is 1. The Labute approximate surface area is 103 Å². The number of nitrogens with one attached hydrogen (secondary N) is 1. The zero-order valence-electron chi connectivity index (χ0n) is 9.21. The number of aliphatic carboxylic acids is 1. The molecule has 1 aliphatic rings. The molecule has 0 aromatic heterocycles. The Kier molecular flexibility index (Phi) is 3.44. The van der Waals surface area contributed by atoms with Gasteiger partial charge in [-0.2, -0.15) is 0 Å². The third-order valence-corrected chi connectivity index (χ3v) is 3.85. The van der Waals surface area contributed by atoms with Gasteiger partial charge in [-0.25, -0.2) is 0 Å². The summed E-state index contributed by atoms with van der Waals surface area (Å²) in [5.74, 6) is 0.389. The highest BCUT2D eigenvalue weighted by atomic mass is 32.2. The van der Waals surface area contributed by atoms with Crippen molar-refractivity contribution in [3.05, 3.63) is 23.8 Å². The van der Waals surface area contributed by atoms with E-state index >= 15 is 0 Å². The minimum atomic E-state index is -0.873. The summed E-state index contributed by atoms with van der Waals surface area (Å²) in [6.07, 6.45) is 0. The van der Waals surface area contributed by atoms with Gasteiger partial charge >= 0.3 is 5.97 Å². The van der Waals surface area contributed by atoms with Crippen LogP contribution in [0.15, 0.2) is 18.2 Å². The van der Waals surface area contributed by atoms with Gasteiger partial charge in [-0.05, 0) is 18.2 Å². The van der Waals surface area contributed by atoms with Crippen LogP contribution in [0.25, 0.3) is 0 Å². The number of ether oxygens (including phenoxy) is 1. The zero-order chi connectivity index (χ0) is 12.4. The van der Waals surface area contributed by atoms with Crippen LogP contribution in [-0.2, 0) is 4.79 Å². The van der Waals surface area contributed by atoms with Gasteiger partial charge < -0.3 is 14.9 Å². The molecule has 92 valence electrons. The summed E-state index contributed by atoms with van der Waals surface area (Å²) in [5.41, 5.74) is 0.651. The fourth-order valence-corrected chi connectivity index (χ4v) is 2.92. The number of phenols is 1. The van der Waals surface area contributed by atoms with E-state index in [1.807, 2.05) is 0 Å². The number of aromatic hydroxyl groups is 1. The average molecular weight is 255 g/mol. The number of carbonyl (C=O) groups is 1. The van der Waals surface area contributed by atoms with E-state index in [1.54, 1.807) is 25.3 Å². The topological polar surface area (TPSA) is 78.8 Å². The molecule has 17 heavy (non-hydrogen) atoms. The molecule has 1 aliphatic heterocycles. The number of methoxy groups -OCH3 is 1. The SMILES string of the molecule is COc1ccc(O)c([C@@H]2N[C@H](C(=O)O)CS2)c1. The summed E-state index contributed by atoms with van der Waals surface area (Å²) < 4.78 is 5.08. The van der Waals surface area contributed by atoms with Crippen molar-refractivity contribution in [3.63, 3.8) is 0 Å².